The number of ketones is 1. The topological polar surface area (TPSA) is 35.5 Å². The Hall–Kier alpha value is -0.410. The third kappa shape index (κ3) is 6.96. The molecule has 0 aliphatic heterocycles. The molecule has 96 valence electrons. The van der Waals surface area contributed by atoms with Crippen molar-refractivity contribution >= 4 is 5.78 Å². The van der Waals surface area contributed by atoms with Gasteiger partial charge in [-0.3, -0.25) is 4.79 Å². The summed E-state index contributed by atoms with van der Waals surface area (Å²) in [6.45, 7) is 11.2. The van der Waals surface area contributed by atoms with E-state index in [9.17, 15) is 4.79 Å². The van der Waals surface area contributed by atoms with Crippen LogP contribution in [0.2, 0.25) is 0 Å². The molecule has 0 spiro atoms. The SMILES string of the molecule is CCOC(OCC)C(C)CC(=O)CC(C)C. The molecular weight excluding hydrogens is 204 g/mol. The van der Waals surface area contributed by atoms with Gasteiger partial charge in [0.2, 0.25) is 0 Å². The van der Waals surface area contributed by atoms with Crippen LogP contribution in [0.1, 0.15) is 47.5 Å². The van der Waals surface area contributed by atoms with Crippen LogP contribution in [0, 0.1) is 11.8 Å². The van der Waals surface area contributed by atoms with Crippen LogP contribution in [0.25, 0.3) is 0 Å². The normalized spacial score (nSPS) is 13.4. The van der Waals surface area contributed by atoms with Crippen LogP contribution < -0.4 is 0 Å². The van der Waals surface area contributed by atoms with E-state index in [4.69, 9.17) is 9.47 Å². The highest BCUT2D eigenvalue weighted by Crippen LogP contribution is 2.16. The summed E-state index contributed by atoms with van der Waals surface area (Å²) in [5.41, 5.74) is 0. The van der Waals surface area contributed by atoms with Gasteiger partial charge in [-0.25, -0.2) is 0 Å². The zero-order chi connectivity index (χ0) is 12.6. The molecule has 0 radical (unpaired) electrons. The van der Waals surface area contributed by atoms with Crippen molar-refractivity contribution < 1.29 is 14.3 Å². The maximum atomic E-state index is 11.7. The van der Waals surface area contributed by atoms with E-state index < -0.39 is 0 Å². The Balaban J connectivity index is 4.07. The van der Waals surface area contributed by atoms with E-state index in [0.717, 1.165) is 0 Å². The van der Waals surface area contributed by atoms with Crippen molar-refractivity contribution in [2.75, 3.05) is 13.2 Å². The van der Waals surface area contributed by atoms with E-state index in [2.05, 4.69) is 13.8 Å². The molecule has 0 aliphatic carbocycles. The van der Waals surface area contributed by atoms with Crippen molar-refractivity contribution in [3.63, 3.8) is 0 Å². The number of hydrogen-bond donors (Lipinski definition) is 0. The van der Waals surface area contributed by atoms with E-state index in [-0.39, 0.29) is 12.2 Å². The molecule has 3 nitrogen and oxygen atoms in total. The van der Waals surface area contributed by atoms with E-state index in [0.29, 0.717) is 37.8 Å². The highest BCUT2D eigenvalue weighted by Gasteiger charge is 2.20. The van der Waals surface area contributed by atoms with E-state index in [1.807, 2.05) is 20.8 Å². The molecule has 0 aromatic rings. The zero-order valence-corrected chi connectivity index (χ0v) is 11.3. The highest BCUT2D eigenvalue weighted by molar-refractivity contribution is 5.78. The average molecular weight is 230 g/mol. The molecule has 0 bridgehead atoms. The molecule has 3 heteroatoms. The van der Waals surface area contributed by atoms with Crippen LogP contribution in [0.5, 0.6) is 0 Å². The Morgan fingerprint density at radius 1 is 1.00 bits per heavy atom. The number of rotatable bonds is 9. The summed E-state index contributed by atoms with van der Waals surface area (Å²) >= 11 is 0. The largest absolute Gasteiger partial charge is 0.353 e. The lowest BCUT2D eigenvalue weighted by molar-refractivity contribution is -0.167. The Labute approximate surface area is 99.5 Å². The van der Waals surface area contributed by atoms with Gasteiger partial charge in [0.1, 0.15) is 5.78 Å². The fraction of sp³-hybridized carbons (Fsp3) is 0.923. The lowest BCUT2D eigenvalue weighted by atomic mass is 9.98. The molecule has 0 heterocycles. The Morgan fingerprint density at radius 2 is 1.50 bits per heavy atom. The molecule has 0 saturated heterocycles. The summed E-state index contributed by atoms with van der Waals surface area (Å²) in [6, 6.07) is 0. The van der Waals surface area contributed by atoms with Gasteiger partial charge in [-0.2, -0.15) is 0 Å². The lowest BCUT2D eigenvalue weighted by Crippen LogP contribution is -2.27. The van der Waals surface area contributed by atoms with Crippen molar-refractivity contribution in [3.8, 4) is 0 Å². The molecule has 0 N–H and O–H groups in total. The summed E-state index contributed by atoms with van der Waals surface area (Å²) in [6.07, 6.45) is 0.948. The Bertz CT molecular complexity index is 184. The van der Waals surface area contributed by atoms with Gasteiger partial charge in [0.05, 0.1) is 0 Å². The molecule has 16 heavy (non-hydrogen) atoms. The quantitative estimate of drug-likeness (QED) is 0.571. The maximum absolute atomic E-state index is 11.7. The molecule has 0 amide bonds. The van der Waals surface area contributed by atoms with Gasteiger partial charge in [-0.15, -0.1) is 0 Å². The Kier molecular flexibility index (Phi) is 8.49. The lowest BCUT2D eigenvalue weighted by Gasteiger charge is -2.23. The summed E-state index contributed by atoms with van der Waals surface area (Å²) in [4.78, 5) is 11.7. The van der Waals surface area contributed by atoms with Gasteiger partial charge in [-0.1, -0.05) is 20.8 Å². The third-order valence-corrected chi connectivity index (χ3v) is 2.31. The highest BCUT2D eigenvalue weighted by atomic mass is 16.7. The molecule has 0 fully saturated rings. The molecule has 0 aromatic heterocycles. The van der Waals surface area contributed by atoms with E-state index in [1.165, 1.54) is 0 Å². The summed E-state index contributed by atoms with van der Waals surface area (Å²) in [5.74, 6) is 0.857. The van der Waals surface area contributed by atoms with Crippen LogP contribution in [-0.4, -0.2) is 25.3 Å². The van der Waals surface area contributed by atoms with Crippen LogP contribution >= 0.6 is 0 Å². The molecule has 0 aliphatic rings. The molecular formula is C13H26O3. The van der Waals surface area contributed by atoms with Gasteiger partial charge in [0, 0.05) is 32.0 Å². The van der Waals surface area contributed by atoms with Gasteiger partial charge >= 0.3 is 0 Å². The van der Waals surface area contributed by atoms with Crippen molar-refractivity contribution in [1.82, 2.24) is 0 Å². The maximum Gasteiger partial charge on any atom is 0.160 e. The first-order chi connectivity index (χ1) is 7.51. The number of carbonyl (C=O) groups excluding carboxylic acids is 1. The molecule has 1 unspecified atom stereocenters. The third-order valence-electron chi connectivity index (χ3n) is 2.31. The first-order valence-electron chi connectivity index (χ1n) is 6.26. The molecule has 0 saturated carbocycles. The van der Waals surface area contributed by atoms with Gasteiger partial charge in [0.25, 0.3) is 0 Å². The fourth-order valence-electron chi connectivity index (χ4n) is 1.70. The Morgan fingerprint density at radius 3 is 1.88 bits per heavy atom. The minimum Gasteiger partial charge on any atom is -0.353 e. The fourth-order valence-corrected chi connectivity index (χ4v) is 1.70. The molecule has 1 atom stereocenters. The number of hydrogen-bond acceptors (Lipinski definition) is 3. The predicted molar refractivity (Wildman–Crippen MR) is 65.3 cm³/mol. The second-order valence-electron chi connectivity index (χ2n) is 4.60. The minimum absolute atomic E-state index is 0.131. The number of ether oxygens (including phenoxy) is 2. The van der Waals surface area contributed by atoms with Crippen LogP contribution in [-0.2, 0) is 14.3 Å². The second kappa shape index (κ2) is 8.71. The van der Waals surface area contributed by atoms with Crippen molar-refractivity contribution in [1.29, 1.82) is 0 Å². The predicted octanol–water partition coefficient (Wildman–Crippen LogP) is 3.03. The van der Waals surface area contributed by atoms with Crippen molar-refractivity contribution in [2.24, 2.45) is 11.8 Å². The van der Waals surface area contributed by atoms with Crippen molar-refractivity contribution in [2.45, 2.75) is 53.8 Å². The standard InChI is InChI=1S/C13H26O3/c1-6-15-13(16-7-2)11(5)9-12(14)8-10(3)4/h10-11,13H,6-9H2,1-5H3. The van der Waals surface area contributed by atoms with Crippen LogP contribution in [0.4, 0.5) is 0 Å². The molecule has 0 aromatic carbocycles. The second-order valence-corrected chi connectivity index (χ2v) is 4.60. The van der Waals surface area contributed by atoms with Crippen molar-refractivity contribution in [3.05, 3.63) is 0 Å². The van der Waals surface area contributed by atoms with Gasteiger partial charge in [-0.05, 0) is 19.8 Å². The zero-order valence-electron chi connectivity index (χ0n) is 11.3. The van der Waals surface area contributed by atoms with Crippen LogP contribution in [0.15, 0.2) is 0 Å². The summed E-state index contributed by atoms with van der Waals surface area (Å²) in [7, 11) is 0. The number of Topliss-reactive ketones (excluding diaryl/α,β-unsaturated/α-hetero) is 1. The summed E-state index contributed by atoms with van der Waals surface area (Å²) in [5, 5.41) is 0. The minimum atomic E-state index is -0.244. The number of carbonyl (C=O) groups is 1. The average Bonchev–Trinajstić information content (AvgIpc) is 2.15. The van der Waals surface area contributed by atoms with Gasteiger partial charge < -0.3 is 9.47 Å². The van der Waals surface area contributed by atoms with Crippen LogP contribution in [0.3, 0.4) is 0 Å². The van der Waals surface area contributed by atoms with E-state index >= 15 is 0 Å². The van der Waals surface area contributed by atoms with E-state index in [1.54, 1.807) is 0 Å². The molecule has 0 rings (SSSR count). The smallest absolute Gasteiger partial charge is 0.160 e. The monoisotopic (exact) mass is 230 g/mol. The first kappa shape index (κ1) is 15.6. The summed E-state index contributed by atoms with van der Waals surface area (Å²) < 4.78 is 11.0. The van der Waals surface area contributed by atoms with Gasteiger partial charge in [0.15, 0.2) is 6.29 Å². The first-order valence-corrected chi connectivity index (χ1v) is 6.26.